The van der Waals surface area contributed by atoms with Crippen molar-refractivity contribution in [3.8, 4) is 5.75 Å². The van der Waals surface area contributed by atoms with Gasteiger partial charge in [-0.3, -0.25) is 0 Å². The molecule has 0 aromatic heterocycles. The SMILES string of the molecule is COc1cc(C)c(C(=O)O)cc1C(C)(C)C. The van der Waals surface area contributed by atoms with Gasteiger partial charge in [0.2, 0.25) is 0 Å². The molecule has 0 bridgehead atoms. The molecule has 0 saturated heterocycles. The molecule has 0 unspecified atom stereocenters. The largest absolute Gasteiger partial charge is 0.496 e. The van der Waals surface area contributed by atoms with E-state index in [9.17, 15) is 4.79 Å². The Bertz CT molecular complexity index is 414. The minimum atomic E-state index is -0.898. The van der Waals surface area contributed by atoms with Gasteiger partial charge in [-0.2, -0.15) is 0 Å². The number of benzene rings is 1. The van der Waals surface area contributed by atoms with Crippen molar-refractivity contribution in [1.82, 2.24) is 0 Å². The third-order valence-corrected chi connectivity index (χ3v) is 2.58. The van der Waals surface area contributed by atoms with Crippen molar-refractivity contribution < 1.29 is 14.6 Å². The Morgan fingerprint density at radius 1 is 1.31 bits per heavy atom. The fraction of sp³-hybridized carbons (Fsp3) is 0.462. The minimum Gasteiger partial charge on any atom is -0.496 e. The molecule has 1 aromatic carbocycles. The van der Waals surface area contributed by atoms with Gasteiger partial charge >= 0.3 is 5.97 Å². The monoisotopic (exact) mass is 222 g/mol. The zero-order chi connectivity index (χ0) is 12.5. The lowest BCUT2D eigenvalue weighted by atomic mass is 9.84. The first-order valence-corrected chi connectivity index (χ1v) is 5.19. The summed E-state index contributed by atoms with van der Waals surface area (Å²) < 4.78 is 5.29. The smallest absolute Gasteiger partial charge is 0.335 e. The Kier molecular flexibility index (Phi) is 3.27. The van der Waals surface area contributed by atoms with Crippen LogP contribution in [0.1, 0.15) is 42.3 Å². The molecule has 3 heteroatoms. The predicted molar refractivity (Wildman–Crippen MR) is 63.4 cm³/mol. The lowest BCUT2D eigenvalue weighted by molar-refractivity contribution is 0.0696. The molecule has 1 N–H and O–H groups in total. The van der Waals surface area contributed by atoms with Crippen LogP contribution in [-0.4, -0.2) is 18.2 Å². The van der Waals surface area contributed by atoms with Crippen molar-refractivity contribution in [2.45, 2.75) is 33.1 Å². The number of aryl methyl sites for hydroxylation is 1. The van der Waals surface area contributed by atoms with E-state index in [4.69, 9.17) is 9.84 Å². The maximum absolute atomic E-state index is 11.1. The summed E-state index contributed by atoms with van der Waals surface area (Å²) in [7, 11) is 1.60. The van der Waals surface area contributed by atoms with Crippen LogP contribution in [-0.2, 0) is 5.41 Å². The number of carbonyl (C=O) groups is 1. The molecular weight excluding hydrogens is 204 g/mol. The third-order valence-electron chi connectivity index (χ3n) is 2.58. The van der Waals surface area contributed by atoms with Gasteiger partial charge in [0.05, 0.1) is 12.7 Å². The van der Waals surface area contributed by atoms with Gasteiger partial charge < -0.3 is 9.84 Å². The highest BCUT2D eigenvalue weighted by Gasteiger charge is 2.22. The second-order valence-electron chi connectivity index (χ2n) is 4.92. The molecule has 0 saturated carbocycles. The molecule has 0 amide bonds. The van der Waals surface area contributed by atoms with Crippen molar-refractivity contribution in [3.05, 3.63) is 28.8 Å². The van der Waals surface area contributed by atoms with Crippen molar-refractivity contribution >= 4 is 5.97 Å². The van der Waals surface area contributed by atoms with E-state index in [1.807, 2.05) is 20.8 Å². The highest BCUT2D eigenvalue weighted by atomic mass is 16.5. The third kappa shape index (κ3) is 2.35. The number of carboxylic acids is 1. The average molecular weight is 222 g/mol. The van der Waals surface area contributed by atoms with Crippen LogP contribution >= 0.6 is 0 Å². The number of carboxylic acid groups (broad SMARTS) is 1. The van der Waals surface area contributed by atoms with Gasteiger partial charge in [-0.15, -0.1) is 0 Å². The summed E-state index contributed by atoms with van der Waals surface area (Å²) in [6.07, 6.45) is 0. The molecule has 1 aromatic rings. The Labute approximate surface area is 96.1 Å². The van der Waals surface area contributed by atoms with Gasteiger partial charge in [-0.25, -0.2) is 4.79 Å². The number of methoxy groups -OCH3 is 1. The molecule has 3 nitrogen and oxygen atoms in total. The molecule has 0 aliphatic rings. The molecular formula is C13H18O3. The molecule has 0 aliphatic carbocycles. The number of hydrogen-bond donors (Lipinski definition) is 1. The molecule has 0 heterocycles. The molecule has 0 spiro atoms. The van der Waals surface area contributed by atoms with Gasteiger partial charge in [0, 0.05) is 5.56 Å². The first kappa shape index (κ1) is 12.6. The molecule has 0 atom stereocenters. The van der Waals surface area contributed by atoms with E-state index in [1.165, 1.54) is 0 Å². The van der Waals surface area contributed by atoms with E-state index in [0.29, 0.717) is 5.56 Å². The zero-order valence-corrected chi connectivity index (χ0v) is 10.4. The van der Waals surface area contributed by atoms with Crippen LogP contribution in [0.5, 0.6) is 5.75 Å². The van der Waals surface area contributed by atoms with Crippen LogP contribution in [0.25, 0.3) is 0 Å². The van der Waals surface area contributed by atoms with E-state index in [1.54, 1.807) is 26.2 Å². The highest BCUT2D eigenvalue weighted by molar-refractivity contribution is 5.90. The standard InChI is InChI=1S/C13H18O3/c1-8-6-11(16-5)10(13(2,3)4)7-9(8)12(14)15/h6-7H,1-5H3,(H,14,15). The van der Waals surface area contributed by atoms with Crippen LogP contribution in [0.4, 0.5) is 0 Å². The second-order valence-corrected chi connectivity index (χ2v) is 4.92. The van der Waals surface area contributed by atoms with E-state index >= 15 is 0 Å². The number of hydrogen-bond acceptors (Lipinski definition) is 2. The van der Waals surface area contributed by atoms with Gasteiger partial charge in [-0.1, -0.05) is 20.8 Å². The van der Waals surface area contributed by atoms with Crippen LogP contribution < -0.4 is 4.74 Å². The molecule has 16 heavy (non-hydrogen) atoms. The molecule has 0 fully saturated rings. The van der Waals surface area contributed by atoms with E-state index in [0.717, 1.165) is 16.9 Å². The Balaban J connectivity index is 3.47. The summed E-state index contributed by atoms with van der Waals surface area (Å²) in [5, 5.41) is 9.08. The van der Waals surface area contributed by atoms with E-state index in [2.05, 4.69) is 0 Å². The summed E-state index contributed by atoms with van der Waals surface area (Å²) >= 11 is 0. The Hall–Kier alpha value is -1.51. The van der Waals surface area contributed by atoms with Crippen LogP contribution in [0.3, 0.4) is 0 Å². The zero-order valence-electron chi connectivity index (χ0n) is 10.4. The molecule has 0 aliphatic heterocycles. The molecule has 1 rings (SSSR count). The maximum Gasteiger partial charge on any atom is 0.335 e. The van der Waals surface area contributed by atoms with Crippen molar-refractivity contribution in [2.24, 2.45) is 0 Å². The van der Waals surface area contributed by atoms with E-state index in [-0.39, 0.29) is 5.41 Å². The van der Waals surface area contributed by atoms with Crippen molar-refractivity contribution in [1.29, 1.82) is 0 Å². The van der Waals surface area contributed by atoms with E-state index < -0.39 is 5.97 Å². The number of ether oxygens (including phenoxy) is 1. The lowest BCUT2D eigenvalue weighted by Crippen LogP contribution is -2.15. The van der Waals surface area contributed by atoms with Gasteiger partial charge in [0.15, 0.2) is 0 Å². The summed E-state index contributed by atoms with van der Waals surface area (Å²) in [6, 6.07) is 3.49. The van der Waals surface area contributed by atoms with Gasteiger partial charge in [0.1, 0.15) is 5.75 Å². The normalized spacial score (nSPS) is 11.3. The van der Waals surface area contributed by atoms with Gasteiger partial charge in [0.25, 0.3) is 0 Å². The quantitative estimate of drug-likeness (QED) is 0.836. The highest BCUT2D eigenvalue weighted by Crippen LogP contribution is 2.33. The molecule has 0 radical (unpaired) electrons. The fourth-order valence-electron chi connectivity index (χ4n) is 1.67. The second kappa shape index (κ2) is 4.16. The topological polar surface area (TPSA) is 46.5 Å². The first-order valence-electron chi connectivity index (χ1n) is 5.19. The Morgan fingerprint density at radius 2 is 1.88 bits per heavy atom. The predicted octanol–water partition coefficient (Wildman–Crippen LogP) is 3.00. The number of aromatic carboxylic acids is 1. The first-order chi connectivity index (χ1) is 7.27. The number of rotatable bonds is 2. The van der Waals surface area contributed by atoms with Crippen molar-refractivity contribution in [2.75, 3.05) is 7.11 Å². The van der Waals surface area contributed by atoms with Crippen molar-refractivity contribution in [3.63, 3.8) is 0 Å². The van der Waals surface area contributed by atoms with Crippen LogP contribution in [0.2, 0.25) is 0 Å². The molecule has 88 valence electrons. The van der Waals surface area contributed by atoms with Crippen LogP contribution in [0.15, 0.2) is 12.1 Å². The minimum absolute atomic E-state index is 0.136. The summed E-state index contributed by atoms with van der Waals surface area (Å²) in [5.74, 6) is -0.152. The maximum atomic E-state index is 11.1. The fourth-order valence-corrected chi connectivity index (χ4v) is 1.67. The Morgan fingerprint density at radius 3 is 2.25 bits per heavy atom. The summed E-state index contributed by atoms with van der Waals surface area (Å²) in [5.41, 5.74) is 1.84. The lowest BCUT2D eigenvalue weighted by Gasteiger charge is -2.23. The summed E-state index contributed by atoms with van der Waals surface area (Å²) in [4.78, 5) is 11.1. The summed E-state index contributed by atoms with van der Waals surface area (Å²) in [6.45, 7) is 7.88. The average Bonchev–Trinajstić information content (AvgIpc) is 2.14. The van der Waals surface area contributed by atoms with Gasteiger partial charge in [-0.05, 0) is 30.0 Å². The van der Waals surface area contributed by atoms with Crippen LogP contribution in [0, 0.1) is 6.92 Å².